The van der Waals surface area contributed by atoms with Crippen LogP contribution in [0, 0.1) is 5.92 Å². The highest BCUT2D eigenvalue weighted by molar-refractivity contribution is 5.93. The van der Waals surface area contributed by atoms with Crippen LogP contribution in [0.25, 0.3) is 0 Å². The van der Waals surface area contributed by atoms with E-state index in [0.717, 1.165) is 32.7 Å². The van der Waals surface area contributed by atoms with Crippen molar-refractivity contribution < 1.29 is 4.79 Å². The van der Waals surface area contributed by atoms with Crippen LogP contribution in [0.4, 0.5) is 0 Å². The van der Waals surface area contributed by atoms with Gasteiger partial charge in [-0.2, -0.15) is 5.10 Å². The maximum atomic E-state index is 12.1. The lowest BCUT2D eigenvalue weighted by molar-refractivity contribution is 0.0735. The summed E-state index contributed by atoms with van der Waals surface area (Å²) in [7, 11) is 0. The lowest BCUT2D eigenvalue weighted by Crippen LogP contribution is -2.46. The van der Waals surface area contributed by atoms with E-state index in [9.17, 15) is 4.79 Å². The summed E-state index contributed by atoms with van der Waals surface area (Å²) in [5, 5.41) is 7.46. The normalized spacial score (nSPS) is 16.5. The second-order valence-electron chi connectivity index (χ2n) is 4.89. The molecule has 17 heavy (non-hydrogen) atoms. The van der Waals surface area contributed by atoms with Crippen LogP contribution >= 0.6 is 0 Å². The van der Waals surface area contributed by atoms with Crippen molar-refractivity contribution in [1.29, 1.82) is 0 Å². The van der Waals surface area contributed by atoms with Crippen molar-refractivity contribution in [2.75, 3.05) is 26.2 Å². The van der Waals surface area contributed by atoms with E-state index in [1.165, 1.54) is 0 Å². The average molecular weight is 236 g/mol. The summed E-state index contributed by atoms with van der Waals surface area (Å²) in [6.07, 6.45) is 3.52. The number of amides is 1. The average Bonchev–Trinajstić information content (AvgIpc) is 2.77. The van der Waals surface area contributed by atoms with Crippen molar-refractivity contribution in [3.8, 4) is 0 Å². The Morgan fingerprint density at radius 2 is 2.18 bits per heavy atom. The molecule has 1 N–H and O–H groups in total. The molecular weight excluding hydrogens is 216 g/mol. The van der Waals surface area contributed by atoms with Crippen molar-refractivity contribution in [1.82, 2.24) is 20.0 Å². The van der Waals surface area contributed by atoms with Gasteiger partial charge in [0.05, 0.1) is 11.8 Å². The number of hydrogen-bond donors (Lipinski definition) is 1. The van der Waals surface area contributed by atoms with Gasteiger partial charge in [0.1, 0.15) is 0 Å². The van der Waals surface area contributed by atoms with Gasteiger partial charge in [-0.1, -0.05) is 13.8 Å². The molecule has 2 rings (SSSR count). The van der Waals surface area contributed by atoms with Gasteiger partial charge >= 0.3 is 0 Å². The SMILES string of the molecule is CC(C)Cn1cc(C(=O)N2CCNCC2)cn1. The lowest BCUT2D eigenvalue weighted by atomic mass is 10.2. The molecule has 1 aromatic rings. The molecule has 1 aliphatic rings. The van der Waals surface area contributed by atoms with Crippen LogP contribution in [-0.4, -0.2) is 46.8 Å². The zero-order valence-electron chi connectivity index (χ0n) is 10.5. The molecular formula is C12H20N4O. The largest absolute Gasteiger partial charge is 0.336 e. The van der Waals surface area contributed by atoms with Crippen LogP contribution < -0.4 is 5.32 Å². The Morgan fingerprint density at radius 1 is 1.47 bits per heavy atom. The maximum absolute atomic E-state index is 12.1. The molecule has 0 radical (unpaired) electrons. The molecule has 94 valence electrons. The molecule has 1 saturated heterocycles. The monoisotopic (exact) mass is 236 g/mol. The van der Waals surface area contributed by atoms with Gasteiger partial charge in [0, 0.05) is 38.9 Å². The highest BCUT2D eigenvalue weighted by Crippen LogP contribution is 2.06. The molecule has 1 amide bonds. The second kappa shape index (κ2) is 5.31. The minimum Gasteiger partial charge on any atom is -0.336 e. The van der Waals surface area contributed by atoms with Gasteiger partial charge in [0.15, 0.2) is 0 Å². The molecule has 1 aliphatic heterocycles. The highest BCUT2D eigenvalue weighted by atomic mass is 16.2. The first-order chi connectivity index (χ1) is 8.16. The van der Waals surface area contributed by atoms with Crippen molar-refractivity contribution in [3.05, 3.63) is 18.0 Å². The minimum atomic E-state index is 0.0986. The molecule has 0 atom stereocenters. The van der Waals surface area contributed by atoms with Gasteiger partial charge in [0.25, 0.3) is 5.91 Å². The molecule has 0 aliphatic carbocycles. The van der Waals surface area contributed by atoms with Gasteiger partial charge in [-0.3, -0.25) is 9.48 Å². The predicted octanol–water partition coefficient (Wildman–Crippen LogP) is 0.584. The second-order valence-corrected chi connectivity index (χ2v) is 4.89. The number of hydrogen-bond acceptors (Lipinski definition) is 3. The summed E-state index contributed by atoms with van der Waals surface area (Å²) in [5.41, 5.74) is 0.701. The minimum absolute atomic E-state index is 0.0986. The first kappa shape index (κ1) is 12.1. The molecule has 0 spiro atoms. The Kier molecular flexibility index (Phi) is 3.78. The van der Waals surface area contributed by atoms with Crippen molar-refractivity contribution in [3.63, 3.8) is 0 Å². The topological polar surface area (TPSA) is 50.2 Å². The summed E-state index contributed by atoms with van der Waals surface area (Å²) in [6.45, 7) is 8.47. The highest BCUT2D eigenvalue weighted by Gasteiger charge is 2.19. The number of aromatic nitrogens is 2. The summed E-state index contributed by atoms with van der Waals surface area (Å²) >= 11 is 0. The Bertz CT molecular complexity index is 380. The van der Waals surface area contributed by atoms with E-state index in [-0.39, 0.29) is 5.91 Å². The van der Waals surface area contributed by atoms with Crippen LogP contribution in [0.15, 0.2) is 12.4 Å². The third-order valence-corrected chi connectivity index (χ3v) is 2.84. The van der Waals surface area contributed by atoms with Crippen LogP contribution in [-0.2, 0) is 6.54 Å². The van der Waals surface area contributed by atoms with Gasteiger partial charge in [-0.05, 0) is 5.92 Å². The van der Waals surface area contributed by atoms with E-state index >= 15 is 0 Å². The number of nitrogens with zero attached hydrogens (tertiary/aromatic N) is 3. The van der Waals surface area contributed by atoms with Crippen LogP contribution in [0.5, 0.6) is 0 Å². The fourth-order valence-electron chi connectivity index (χ4n) is 2.00. The third kappa shape index (κ3) is 3.06. The molecule has 5 heteroatoms. The molecule has 1 aromatic heterocycles. The zero-order valence-corrected chi connectivity index (χ0v) is 10.5. The Hall–Kier alpha value is -1.36. The van der Waals surface area contributed by atoms with E-state index in [4.69, 9.17) is 0 Å². The molecule has 0 aromatic carbocycles. The van der Waals surface area contributed by atoms with Crippen molar-refractivity contribution in [2.45, 2.75) is 20.4 Å². The van der Waals surface area contributed by atoms with Crippen molar-refractivity contribution >= 4 is 5.91 Å². The van der Waals surface area contributed by atoms with Crippen LogP contribution in [0.1, 0.15) is 24.2 Å². The van der Waals surface area contributed by atoms with E-state index in [1.807, 2.05) is 15.8 Å². The fourth-order valence-corrected chi connectivity index (χ4v) is 2.00. The van der Waals surface area contributed by atoms with E-state index in [1.54, 1.807) is 6.20 Å². The Morgan fingerprint density at radius 3 is 2.82 bits per heavy atom. The number of nitrogens with one attached hydrogen (secondary N) is 1. The molecule has 1 fully saturated rings. The first-order valence-electron chi connectivity index (χ1n) is 6.19. The standard InChI is InChI=1S/C12H20N4O/c1-10(2)8-16-9-11(7-14-16)12(17)15-5-3-13-4-6-15/h7,9-10,13H,3-6,8H2,1-2H3. The quantitative estimate of drug-likeness (QED) is 0.835. The van der Waals surface area contributed by atoms with Gasteiger partial charge < -0.3 is 10.2 Å². The van der Waals surface area contributed by atoms with E-state index < -0.39 is 0 Å². The molecule has 0 unspecified atom stereocenters. The van der Waals surface area contributed by atoms with E-state index in [0.29, 0.717) is 11.5 Å². The number of carbonyl (C=O) groups is 1. The summed E-state index contributed by atoms with van der Waals surface area (Å²) in [4.78, 5) is 14.0. The Labute approximate surface area is 102 Å². The summed E-state index contributed by atoms with van der Waals surface area (Å²) in [6, 6.07) is 0. The van der Waals surface area contributed by atoms with Crippen LogP contribution in [0.2, 0.25) is 0 Å². The summed E-state index contributed by atoms with van der Waals surface area (Å²) < 4.78 is 1.85. The maximum Gasteiger partial charge on any atom is 0.257 e. The fraction of sp³-hybridized carbons (Fsp3) is 0.667. The molecule has 2 heterocycles. The summed E-state index contributed by atoms with van der Waals surface area (Å²) in [5.74, 6) is 0.638. The molecule has 5 nitrogen and oxygen atoms in total. The zero-order chi connectivity index (χ0) is 12.3. The smallest absolute Gasteiger partial charge is 0.257 e. The van der Waals surface area contributed by atoms with Gasteiger partial charge in [-0.25, -0.2) is 0 Å². The van der Waals surface area contributed by atoms with Crippen molar-refractivity contribution in [2.24, 2.45) is 5.92 Å². The number of rotatable bonds is 3. The Balaban J connectivity index is 2.01. The molecule has 0 bridgehead atoms. The first-order valence-corrected chi connectivity index (χ1v) is 6.19. The number of piperazine rings is 1. The van der Waals surface area contributed by atoms with Crippen LogP contribution in [0.3, 0.4) is 0 Å². The third-order valence-electron chi connectivity index (χ3n) is 2.84. The predicted molar refractivity (Wildman–Crippen MR) is 65.8 cm³/mol. The number of carbonyl (C=O) groups excluding carboxylic acids is 1. The van der Waals surface area contributed by atoms with Gasteiger partial charge in [0.2, 0.25) is 0 Å². The lowest BCUT2D eigenvalue weighted by Gasteiger charge is -2.26. The van der Waals surface area contributed by atoms with Gasteiger partial charge in [-0.15, -0.1) is 0 Å². The molecule has 0 saturated carbocycles. The van der Waals surface area contributed by atoms with E-state index in [2.05, 4.69) is 24.3 Å².